The maximum Gasteiger partial charge on any atom is 0.322 e. The third-order valence-electron chi connectivity index (χ3n) is 6.46. The van der Waals surface area contributed by atoms with E-state index in [1.54, 1.807) is 26.3 Å². The molecule has 38 heavy (non-hydrogen) atoms. The Balaban J connectivity index is 1.55. The van der Waals surface area contributed by atoms with E-state index >= 15 is 0 Å². The Morgan fingerprint density at radius 3 is 2.63 bits per heavy atom. The number of anilines is 1. The molecule has 1 fully saturated rings. The summed E-state index contributed by atoms with van der Waals surface area (Å²) < 4.78 is 43.7. The molecule has 2 N–H and O–H groups in total. The molecule has 1 aliphatic rings. The molecule has 14 heteroatoms. The lowest BCUT2D eigenvalue weighted by Gasteiger charge is -2.31. The van der Waals surface area contributed by atoms with Gasteiger partial charge in [-0.25, -0.2) is 13.8 Å². The van der Waals surface area contributed by atoms with E-state index in [9.17, 15) is 13.6 Å². The lowest BCUT2D eigenvalue weighted by molar-refractivity contribution is -0.0109. The Morgan fingerprint density at radius 2 is 1.97 bits per heavy atom. The van der Waals surface area contributed by atoms with Gasteiger partial charge in [-0.2, -0.15) is 20.1 Å². The molecule has 4 heterocycles. The number of fused-ring (bicyclic) bond motifs is 1. The van der Waals surface area contributed by atoms with Gasteiger partial charge in [0.1, 0.15) is 11.9 Å². The summed E-state index contributed by atoms with van der Waals surface area (Å²) in [6, 6.07) is 0.296. The zero-order valence-electron chi connectivity index (χ0n) is 22.0. The van der Waals surface area contributed by atoms with Crippen molar-refractivity contribution in [1.29, 1.82) is 0 Å². The normalized spacial score (nSPS) is 16.3. The summed E-state index contributed by atoms with van der Waals surface area (Å²) in [6.45, 7) is 5.09. The van der Waals surface area contributed by atoms with E-state index < -0.39 is 24.0 Å². The predicted molar refractivity (Wildman–Crippen MR) is 134 cm³/mol. The highest BCUT2D eigenvalue weighted by Gasteiger charge is 2.33. The summed E-state index contributed by atoms with van der Waals surface area (Å²) in [6.07, 6.45) is 2.70. The number of carbonyl (C=O) groups is 1. The van der Waals surface area contributed by atoms with E-state index in [2.05, 4.69) is 35.5 Å². The van der Waals surface area contributed by atoms with Crippen LogP contribution >= 0.6 is 0 Å². The number of rotatable bonds is 10. The van der Waals surface area contributed by atoms with Gasteiger partial charge in [0, 0.05) is 39.2 Å². The number of aromatic amines is 1. The van der Waals surface area contributed by atoms with E-state index in [4.69, 9.17) is 14.2 Å². The van der Waals surface area contributed by atoms with Crippen molar-refractivity contribution in [3.05, 3.63) is 23.8 Å². The topological polar surface area (TPSA) is 140 Å². The minimum atomic E-state index is -3.12. The highest BCUT2D eigenvalue weighted by Crippen LogP contribution is 2.36. The van der Waals surface area contributed by atoms with Crippen molar-refractivity contribution in [2.24, 2.45) is 0 Å². The number of carbonyl (C=O) groups excluding carboxylic acids is 1. The monoisotopic (exact) mass is 534 g/mol. The molecule has 206 valence electrons. The van der Waals surface area contributed by atoms with Gasteiger partial charge in [0.2, 0.25) is 11.8 Å². The average Bonchev–Trinajstić information content (AvgIpc) is 3.32. The van der Waals surface area contributed by atoms with Crippen LogP contribution in [-0.2, 0) is 4.74 Å². The van der Waals surface area contributed by atoms with Gasteiger partial charge in [0.25, 0.3) is 11.8 Å². The molecule has 0 radical (unpaired) electrons. The van der Waals surface area contributed by atoms with E-state index in [0.29, 0.717) is 24.5 Å². The molecule has 0 aliphatic carbocycles. The summed E-state index contributed by atoms with van der Waals surface area (Å²) in [5, 5.41) is 10.6. The fourth-order valence-electron chi connectivity index (χ4n) is 4.24. The maximum absolute atomic E-state index is 13.7. The third-order valence-corrected chi connectivity index (χ3v) is 6.46. The Kier molecular flexibility index (Phi) is 8.19. The second-order valence-electron chi connectivity index (χ2n) is 9.38. The summed E-state index contributed by atoms with van der Waals surface area (Å²) in [4.78, 5) is 31.8. The predicted octanol–water partition coefficient (Wildman–Crippen LogP) is 2.72. The number of aromatic nitrogens is 6. The first-order valence-corrected chi connectivity index (χ1v) is 12.3. The number of hydrogen-bond donors (Lipinski definition) is 2. The number of methoxy groups -OCH3 is 2. The van der Waals surface area contributed by atoms with Gasteiger partial charge in [-0.3, -0.25) is 9.89 Å². The largest absolute Gasteiger partial charge is 0.496 e. The van der Waals surface area contributed by atoms with E-state index in [0.717, 1.165) is 30.8 Å². The van der Waals surface area contributed by atoms with Crippen molar-refractivity contribution in [2.75, 3.05) is 38.8 Å². The van der Waals surface area contributed by atoms with Crippen LogP contribution in [0.5, 0.6) is 11.8 Å². The quantitative estimate of drug-likeness (QED) is 0.399. The number of nitrogens with one attached hydrogen (secondary N) is 2. The number of alkyl halides is 2. The fourth-order valence-corrected chi connectivity index (χ4v) is 4.24. The lowest BCUT2D eigenvalue weighted by Crippen LogP contribution is -2.44. The van der Waals surface area contributed by atoms with Crippen LogP contribution < -0.4 is 19.7 Å². The van der Waals surface area contributed by atoms with Crippen molar-refractivity contribution in [3.8, 4) is 11.8 Å². The molecule has 4 rings (SSSR count). The zero-order chi connectivity index (χ0) is 27.4. The van der Waals surface area contributed by atoms with Crippen LogP contribution in [0.25, 0.3) is 11.0 Å². The van der Waals surface area contributed by atoms with Crippen LogP contribution in [0.4, 0.5) is 14.7 Å². The number of hydrogen-bond acceptors (Lipinski definition) is 10. The summed E-state index contributed by atoms with van der Waals surface area (Å²) in [5.41, 5.74) is 1.54. The van der Waals surface area contributed by atoms with Crippen LogP contribution in [0.2, 0.25) is 0 Å². The van der Waals surface area contributed by atoms with Crippen molar-refractivity contribution < 1.29 is 27.8 Å². The average molecular weight is 535 g/mol. The molecule has 1 saturated heterocycles. The number of piperidine rings is 1. The van der Waals surface area contributed by atoms with Gasteiger partial charge in [-0.1, -0.05) is 0 Å². The first kappa shape index (κ1) is 27.4. The van der Waals surface area contributed by atoms with Gasteiger partial charge in [-0.05, 0) is 32.8 Å². The van der Waals surface area contributed by atoms with E-state index in [1.807, 2.05) is 4.90 Å². The number of pyridine rings is 1. The van der Waals surface area contributed by atoms with Crippen molar-refractivity contribution in [3.63, 3.8) is 0 Å². The van der Waals surface area contributed by atoms with E-state index in [-0.39, 0.29) is 30.3 Å². The molecule has 2 atom stereocenters. The third kappa shape index (κ3) is 6.06. The minimum absolute atomic E-state index is 0.0863. The number of amides is 1. The lowest BCUT2D eigenvalue weighted by atomic mass is 9.92. The molecule has 1 amide bonds. The van der Waals surface area contributed by atoms with Gasteiger partial charge >= 0.3 is 6.01 Å². The van der Waals surface area contributed by atoms with Crippen LogP contribution in [0.15, 0.2) is 12.3 Å². The van der Waals surface area contributed by atoms with Crippen LogP contribution in [0.1, 0.15) is 55.8 Å². The molecule has 0 unspecified atom stereocenters. The Hall–Kier alpha value is -3.68. The standard InChI is InChI=1S/C24H32F2N8O4/c1-13(12-36-4)38-23-30-20(21(35)28-14(2)24(3,25)26)29-22(31-23)34-10-7-15(8-11-34)18-17-16(37-5)6-9-27-19(17)33-32-18/h6,9,13-15H,7-8,10-12H2,1-5H3,(H,28,35)(H,27,32,33)/t13-,14+/m1/s1. The molecule has 0 spiro atoms. The SMILES string of the molecule is COC[C@@H](C)Oc1nc(C(=O)N[C@@H](C)C(C)(F)F)nc(N2CCC(c3n[nH]c4nccc(OC)c34)CC2)n1. The number of H-pyrrole nitrogens is 1. The minimum Gasteiger partial charge on any atom is -0.496 e. The second-order valence-corrected chi connectivity index (χ2v) is 9.38. The van der Waals surface area contributed by atoms with Crippen molar-refractivity contribution in [2.45, 2.75) is 57.6 Å². The Labute approximate surface area is 218 Å². The van der Waals surface area contributed by atoms with Crippen molar-refractivity contribution in [1.82, 2.24) is 35.5 Å². The van der Waals surface area contributed by atoms with Crippen LogP contribution in [0.3, 0.4) is 0 Å². The second kappa shape index (κ2) is 11.4. The van der Waals surface area contributed by atoms with Crippen LogP contribution in [-0.4, -0.2) is 88.0 Å². The van der Waals surface area contributed by atoms with Gasteiger partial charge in [-0.15, -0.1) is 0 Å². The molecule has 1 aliphatic heterocycles. The summed E-state index contributed by atoms with van der Waals surface area (Å²) in [5.74, 6) is -3.20. The number of ether oxygens (including phenoxy) is 3. The Morgan fingerprint density at radius 1 is 1.24 bits per heavy atom. The van der Waals surface area contributed by atoms with Gasteiger partial charge < -0.3 is 24.4 Å². The first-order valence-electron chi connectivity index (χ1n) is 12.3. The number of nitrogens with zero attached hydrogens (tertiary/aromatic N) is 6. The number of halogens is 2. The summed E-state index contributed by atoms with van der Waals surface area (Å²) in [7, 11) is 3.14. The van der Waals surface area contributed by atoms with Crippen molar-refractivity contribution >= 4 is 22.9 Å². The summed E-state index contributed by atoms with van der Waals surface area (Å²) >= 11 is 0. The molecule has 0 saturated carbocycles. The highest BCUT2D eigenvalue weighted by atomic mass is 19.3. The first-order chi connectivity index (χ1) is 18.1. The molecule has 3 aromatic heterocycles. The molecule has 0 bridgehead atoms. The molecule has 0 aromatic carbocycles. The van der Waals surface area contributed by atoms with Crippen LogP contribution in [0, 0.1) is 0 Å². The maximum atomic E-state index is 13.7. The van der Waals surface area contributed by atoms with Gasteiger partial charge in [0.15, 0.2) is 5.65 Å². The zero-order valence-corrected chi connectivity index (χ0v) is 22.0. The molecular formula is C24H32F2N8O4. The smallest absolute Gasteiger partial charge is 0.322 e. The van der Waals surface area contributed by atoms with E-state index in [1.165, 1.54) is 14.0 Å². The molecule has 12 nitrogen and oxygen atoms in total. The Bertz CT molecular complexity index is 1260. The fraction of sp³-hybridized carbons (Fsp3) is 0.583. The highest BCUT2D eigenvalue weighted by molar-refractivity contribution is 5.91. The molecule has 3 aromatic rings. The molecular weight excluding hydrogens is 502 g/mol. The van der Waals surface area contributed by atoms with Gasteiger partial charge in [0.05, 0.1) is 30.8 Å².